The highest BCUT2D eigenvalue weighted by Crippen LogP contribution is 2.66. The van der Waals surface area contributed by atoms with Crippen LogP contribution < -0.4 is 16.4 Å². The van der Waals surface area contributed by atoms with Crippen molar-refractivity contribution >= 4 is 30.5 Å². The first-order valence-electron chi connectivity index (χ1n) is 20.5. The number of ketones is 2. The molecular weight excluding hydrogens is 645 g/mol. The van der Waals surface area contributed by atoms with E-state index in [2.05, 4.69) is 38.3 Å². The van der Waals surface area contributed by atoms with Gasteiger partial charge in [-0.15, -0.1) is 0 Å². The second-order valence-electron chi connectivity index (χ2n) is 17.1. The zero-order valence-electron chi connectivity index (χ0n) is 33.1. The normalized spacial score (nSPS) is 26.3. The minimum Gasteiger partial charge on any atom is -0.405 e. The second-order valence-corrected chi connectivity index (χ2v) is 17.1. The van der Waals surface area contributed by atoms with Crippen molar-refractivity contribution in [1.82, 2.24) is 10.6 Å². The Morgan fingerprint density at radius 2 is 1.47 bits per heavy atom. The zero-order chi connectivity index (χ0) is 37.8. The van der Waals surface area contributed by atoms with Gasteiger partial charge in [0.25, 0.3) is 0 Å². The van der Waals surface area contributed by atoms with E-state index in [-0.39, 0.29) is 47.5 Å². The summed E-state index contributed by atoms with van der Waals surface area (Å²) < 4.78 is 13.0. The van der Waals surface area contributed by atoms with Crippen molar-refractivity contribution in [2.45, 2.75) is 200 Å². The van der Waals surface area contributed by atoms with Crippen LogP contribution in [0.15, 0.2) is 0 Å². The number of carbonyl (C=O) groups is 4. The Morgan fingerprint density at radius 1 is 0.843 bits per heavy atom. The molecular formula is C40H72BN3O7. The van der Waals surface area contributed by atoms with Gasteiger partial charge >= 0.3 is 7.12 Å². The van der Waals surface area contributed by atoms with Crippen LogP contribution >= 0.6 is 0 Å². The van der Waals surface area contributed by atoms with Gasteiger partial charge in [0.05, 0.1) is 23.9 Å². The van der Waals surface area contributed by atoms with E-state index in [0.29, 0.717) is 37.6 Å². The fraction of sp³-hybridized carbons (Fsp3) is 0.900. The van der Waals surface area contributed by atoms with Crippen molar-refractivity contribution in [2.24, 2.45) is 28.9 Å². The largest absolute Gasteiger partial charge is 0.461 e. The summed E-state index contributed by atoms with van der Waals surface area (Å²) in [6.07, 6.45) is 14.9. The van der Waals surface area contributed by atoms with Crippen LogP contribution in [0.4, 0.5) is 0 Å². The van der Waals surface area contributed by atoms with E-state index in [1.807, 2.05) is 6.92 Å². The lowest BCUT2D eigenvalue weighted by molar-refractivity contribution is -0.199. The van der Waals surface area contributed by atoms with Crippen molar-refractivity contribution in [1.29, 1.82) is 0 Å². The minimum atomic E-state index is -1.10. The highest BCUT2D eigenvalue weighted by atomic mass is 16.7. The molecule has 4 rings (SSSR count). The molecule has 1 heterocycles. The number of Topliss-reactive ketones (excluding diaryl/α,β-unsaturated/α-hetero) is 2. The van der Waals surface area contributed by atoms with Crippen molar-refractivity contribution < 1.29 is 33.6 Å². The maximum atomic E-state index is 13.7. The predicted molar refractivity (Wildman–Crippen MR) is 203 cm³/mol. The predicted octanol–water partition coefficient (Wildman–Crippen LogP) is 6.45. The van der Waals surface area contributed by atoms with E-state index in [1.54, 1.807) is 6.92 Å². The number of hydrogen-bond donors (Lipinski definition) is 4. The van der Waals surface area contributed by atoms with Gasteiger partial charge in [0.15, 0.2) is 11.6 Å². The number of nitrogens with one attached hydrogen (secondary N) is 2. The third kappa shape index (κ3) is 12.1. The number of hydrogen-bond acceptors (Lipinski definition) is 8. The summed E-state index contributed by atoms with van der Waals surface area (Å²) in [7, 11) is -0.478. The van der Waals surface area contributed by atoms with E-state index in [1.165, 1.54) is 51.9 Å². The Bertz CT molecular complexity index is 1140. The molecule has 5 N–H and O–H groups in total. The molecule has 0 aromatic rings. The molecule has 0 aromatic heterocycles. The SMILES string of the molecule is CCCCCCCCCCCCC(=O)N[C@H](C(=O)C[C@@H](C)C(=O)N[C@@H](CCCCN)C(=O)C[C@@H](C)B1O[C@@H]2C[C@@H]3C[C@@H](C3(C)C)[C@]2(C)O1)[C@@H](C)O. The Kier molecular flexibility index (Phi) is 17.6. The summed E-state index contributed by atoms with van der Waals surface area (Å²) in [6, 6.07) is -1.81. The van der Waals surface area contributed by atoms with E-state index < -0.39 is 42.9 Å². The van der Waals surface area contributed by atoms with E-state index in [4.69, 9.17) is 15.0 Å². The topological polar surface area (TPSA) is 157 Å². The van der Waals surface area contributed by atoms with Crippen LogP contribution in [0.2, 0.25) is 5.82 Å². The number of unbranched alkanes of at least 4 members (excludes halogenated alkanes) is 10. The van der Waals surface area contributed by atoms with Crippen molar-refractivity contribution in [3.63, 3.8) is 0 Å². The Balaban J connectivity index is 1.46. The summed E-state index contributed by atoms with van der Waals surface area (Å²) in [5, 5.41) is 16.0. The van der Waals surface area contributed by atoms with E-state index in [0.717, 1.165) is 38.5 Å². The fourth-order valence-electron chi connectivity index (χ4n) is 8.83. The second kappa shape index (κ2) is 20.6. The Labute approximate surface area is 309 Å². The number of rotatable bonds is 26. The lowest BCUT2D eigenvalue weighted by Gasteiger charge is -2.64. The van der Waals surface area contributed by atoms with Gasteiger partial charge in [-0.25, -0.2) is 0 Å². The van der Waals surface area contributed by atoms with Crippen LogP contribution in [0.5, 0.6) is 0 Å². The molecule has 4 aliphatic rings. The molecule has 1 aliphatic heterocycles. The van der Waals surface area contributed by atoms with Gasteiger partial charge in [-0.2, -0.15) is 0 Å². The summed E-state index contributed by atoms with van der Waals surface area (Å²) in [5.41, 5.74) is 5.60. The van der Waals surface area contributed by atoms with Gasteiger partial charge in [0.2, 0.25) is 11.8 Å². The van der Waals surface area contributed by atoms with Gasteiger partial charge in [0, 0.05) is 25.2 Å². The third-order valence-corrected chi connectivity index (χ3v) is 12.5. The van der Waals surface area contributed by atoms with Gasteiger partial charge in [0.1, 0.15) is 6.04 Å². The Morgan fingerprint density at radius 3 is 2.06 bits per heavy atom. The highest BCUT2D eigenvalue weighted by molar-refractivity contribution is 6.47. The standard InChI is InChI=1S/C40H72BN3O7/c1-8-9-10-11-12-13-14-15-16-17-21-36(48)44-37(29(4)45)33(47)23-27(2)38(49)43-31(20-18-19-22-42)32(46)24-28(3)41-50-35-26-30-25-34(39(30,5)6)40(35,7)51-41/h27-31,34-35,37,45H,8-26,42H2,1-7H3,(H,43,49)(H,44,48)/t27-,28-,29-,30+,31+,34+,35-,37+,40+/m1/s1. The quantitative estimate of drug-likeness (QED) is 0.0588. The molecule has 11 heteroatoms. The molecule has 2 bridgehead atoms. The minimum absolute atomic E-state index is 0.0326. The van der Waals surface area contributed by atoms with Crippen LogP contribution in [0.1, 0.15) is 164 Å². The average Bonchev–Trinajstić information content (AvgIpc) is 3.44. The number of amides is 2. The van der Waals surface area contributed by atoms with Gasteiger partial charge < -0.3 is 30.8 Å². The van der Waals surface area contributed by atoms with Crippen LogP contribution in [0.25, 0.3) is 0 Å². The van der Waals surface area contributed by atoms with E-state index in [9.17, 15) is 24.3 Å². The van der Waals surface area contributed by atoms with Crippen molar-refractivity contribution in [3.8, 4) is 0 Å². The maximum Gasteiger partial charge on any atom is 0.461 e. The number of aliphatic hydroxyl groups is 1. The molecule has 9 atom stereocenters. The molecule has 51 heavy (non-hydrogen) atoms. The van der Waals surface area contributed by atoms with Crippen LogP contribution in [0.3, 0.4) is 0 Å². The smallest absolute Gasteiger partial charge is 0.405 e. The molecule has 3 aliphatic carbocycles. The lowest BCUT2D eigenvalue weighted by Crippen LogP contribution is -2.65. The molecule has 2 amide bonds. The Hall–Kier alpha value is -1.82. The molecule has 4 fully saturated rings. The van der Waals surface area contributed by atoms with Crippen LogP contribution in [-0.2, 0) is 28.5 Å². The molecule has 0 unspecified atom stereocenters. The molecule has 292 valence electrons. The van der Waals surface area contributed by atoms with Crippen molar-refractivity contribution in [2.75, 3.05) is 6.54 Å². The average molecular weight is 718 g/mol. The van der Waals surface area contributed by atoms with Gasteiger partial charge in [-0.1, -0.05) is 92.4 Å². The summed E-state index contributed by atoms with van der Waals surface area (Å²) in [6.45, 7) is 14.6. The van der Waals surface area contributed by atoms with Gasteiger partial charge in [-0.05, 0) is 82.0 Å². The van der Waals surface area contributed by atoms with E-state index >= 15 is 0 Å². The molecule has 10 nitrogen and oxygen atoms in total. The summed E-state index contributed by atoms with van der Waals surface area (Å²) in [4.78, 5) is 53.0. The molecule has 0 spiro atoms. The molecule has 0 aromatic carbocycles. The monoisotopic (exact) mass is 718 g/mol. The molecule has 0 radical (unpaired) electrons. The number of carbonyl (C=O) groups excluding carboxylic acids is 4. The third-order valence-electron chi connectivity index (χ3n) is 12.5. The zero-order valence-corrected chi connectivity index (χ0v) is 33.1. The summed E-state index contributed by atoms with van der Waals surface area (Å²) in [5.74, 6) is -1.05. The first-order valence-corrected chi connectivity index (χ1v) is 20.5. The fourth-order valence-corrected chi connectivity index (χ4v) is 8.83. The molecule has 3 saturated carbocycles. The number of nitrogens with two attached hydrogens (primary N) is 1. The van der Waals surface area contributed by atoms with Crippen molar-refractivity contribution in [3.05, 3.63) is 0 Å². The molecule has 1 saturated heterocycles. The lowest BCUT2D eigenvalue weighted by atomic mass is 9.43. The van der Waals surface area contributed by atoms with Crippen LogP contribution in [-0.4, -0.2) is 72.0 Å². The first-order chi connectivity index (χ1) is 24.1. The van der Waals surface area contributed by atoms with Gasteiger partial charge in [-0.3, -0.25) is 19.2 Å². The summed E-state index contributed by atoms with van der Waals surface area (Å²) >= 11 is 0. The first kappa shape index (κ1) is 43.6. The van der Waals surface area contributed by atoms with Crippen LogP contribution in [0, 0.1) is 23.2 Å². The maximum absolute atomic E-state index is 13.7. The number of aliphatic hydroxyl groups excluding tert-OH is 1. The highest BCUT2D eigenvalue weighted by Gasteiger charge is 2.68.